The fourth-order valence-corrected chi connectivity index (χ4v) is 1.62. The lowest BCUT2D eigenvalue weighted by molar-refractivity contribution is 0.552. The molecular formula is C12H21N. The number of rotatable bonds is 0. The lowest BCUT2D eigenvalue weighted by Crippen LogP contribution is -2.19. The fraction of sp³-hybridized carbons (Fsp3) is 0.667. The van der Waals surface area contributed by atoms with Gasteiger partial charge in [0.05, 0.1) is 0 Å². The Kier molecular flexibility index (Phi) is 5.59. The molecule has 0 heterocycles. The zero-order chi connectivity index (χ0) is 9.36. The molecule has 1 aliphatic carbocycles. The monoisotopic (exact) mass is 179 g/mol. The molecule has 0 bridgehead atoms. The lowest BCUT2D eigenvalue weighted by atomic mass is 10.0. The molecule has 1 atom stereocenters. The topological polar surface area (TPSA) is 26.0 Å². The highest BCUT2D eigenvalue weighted by molar-refractivity contribution is 4.89. The van der Waals surface area contributed by atoms with E-state index in [0.29, 0.717) is 6.04 Å². The van der Waals surface area contributed by atoms with Crippen molar-refractivity contribution in [3.8, 4) is 0 Å². The highest BCUT2D eigenvalue weighted by Crippen LogP contribution is 2.08. The van der Waals surface area contributed by atoms with Crippen LogP contribution in [0, 0.1) is 0 Å². The Morgan fingerprint density at radius 3 is 2.15 bits per heavy atom. The predicted octanol–water partition coefficient (Wildman–Crippen LogP) is 3.17. The molecule has 0 saturated carbocycles. The molecule has 1 rings (SSSR count). The standard InChI is InChI=1S/C12H21N/c13-12-10-8-6-4-2-1-3-5-7-9-11-12/h2,4-5,7,12H,1,3,6,8-11,13H2/b4-2+,7-5+. The van der Waals surface area contributed by atoms with Gasteiger partial charge in [-0.2, -0.15) is 0 Å². The first-order chi connectivity index (χ1) is 6.39. The molecule has 74 valence electrons. The molecule has 13 heavy (non-hydrogen) atoms. The van der Waals surface area contributed by atoms with Crippen molar-refractivity contribution in [2.75, 3.05) is 0 Å². The first-order valence-corrected chi connectivity index (χ1v) is 5.45. The first-order valence-electron chi connectivity index (χ1n) is 5.45. The van der Waals surface area contributed by atoms with Crippen molar-refractivity contribution in [3.05, 3.63) is 24.3 Å². The van der Waals surface area contributed by atoms with Gasteiger partial charge in [0.2, 0.25) is 0 Å². The summed E-state index contributed by atoms with van der Waals surface area (Å²) < 4.78 is 0. The minimum absolute atomic E-state index is 0.414. The van der Waals surface area contributed by atoms with Crippen LogP contribution in [0.5, 0.6) is 0 Å². The van der Waals surface area contributed by atoms with E-state index in [1.54, 1.807) is 0 Å². The quantitative estimate of drug-likeness (QED) is 0.568. The van der Waals surface area contributed by atoms with E-state index in [1.165, 1.54) is 32.1 Å². The predicted molar refractivity (Wildman–Crippen MR) is 58.6 cm³/mol. The van der Waals surface area contributed by atoms with Crippen LogP contribution in [0.1, 0.15) is 44.9 Å². The van der Waals surface area contributed by atoms with Crippen LogP contribution in [0.2, 0.25) is 0 Å². The third kappa shape index (κ3) is 5.64. The van der Waals surface area contributed by atoms with E-state index >= 15 is 0 Å². The smallest absolute Gasteiger partial charge is 0.00418 e. The molecule has 1 nitrogen and oxygen atoms in total. The Morgan fingerprint density at radius 2 is 1.38 bits per heavy atom. The van der Waals surface area contributed by atoms with Crippen molar-refractivity contribution >= 4 is 0 Å². The first kappa shape index (κ1) is 10.5. The van der Waals surface area contributed by atoms with Crippen LogP contribution in [-0.2, 0) is 0 Å². The molecule has 1 heteroatoms. The van der Waals surface area contributed by atoms with Crippen LogP contribution in [0.15, 0.2) is 24.3 Å². The van der Waals surface area contributed by atoms with Gasteiger partial charge >= 0.3 is 0 Å². The van der Waals surface area contributed by atoms with Crippen LogP contribution in [0.4, 0.5) is 0 Å². The minimum atomic E-state index is 0.414. The average molecular weight is 179 g/mol. The number of allylic oxidation sites excluding steroid dienone is 4. The highest BCUT2D eigenvalue weighted by Gasteiger charge is 1.99. The summed E-state index contributed by atoms with van der Waals surface area (Å²) in [5, 5.41) is 0. The Labute approximate surface area is 81.7 Å². The lowest BCUT2D eigenvalue weighted by Gasteiger charge is -2.09. The second-order valence-electron chi connectivity index (χ2n) is 3.79. The normalized spacial score (nSPS) is 31.3. The summed E-state index contributed by atoms with van der Waals surface area (Å²) in [5.41, 5.74) is 5.96. The van der Waals surface area contributed by atoms with E-state index in [0.717, 1.165) is 12.8 Å². The Balaban J connectivity index is 2.29. The van der Waals surface area contributed by atoms with Crippen LogP contribution in [0.3, 0.4) is 0 Å². The molecule has 0 aromatic heterocycles. The summed E-state index contributed by atoms with van der Waals surface area (Å²) in [7, 11) is 0. The summed E-state index contributed by atoms with van der Waals surface area (Å²) in [6, 6.07) is 0.414. The maximum Gasteiger partial charge on any atom is 0.00418 e. The molecule has 0 aliphatic heterocycles. The molecule has 1 aliphatic rings. The van der Waals surface area contributed by atoms with Crippen molar-refractivity contribution in [1.82, 2.24) is 0 Å². The zero-order valence-corrected chi connectivity index (χ0v) is 8.41. The molecule has 0 aromatic carbocycles. The maximum atomic E-state index is 5.96. The van der Waals surface area contributed by atoms with Crippen LogP contribution in [0.25, 0.3) is 0 Å². The van der Waals surface area contributed by atoms with Gasteiger partial charge in [0.1, 0.15) is 0 Å². The summed E-state index contributed by atoms with van der Waals surface area (Å²) in [5.74, 6) is 0. The Morgan fingerprint density at radius 1 is 0.769 bits per heavy atom. The Hall–Kier alpha value is -0.560. The van der Waals surface area contributed by atoms with Gasteiger partial charge in [-0.15, -0.1) is 0 Å². The van der Waals surface area contributed by atoms with Crippen LogP contribution >= 0.6 is 0 Å². The van der Waals surface area contributed by atoms with E-state index in [2.05, 4.69) is 24.3 Å². The van der Waals surface area contributed by atoms with Crippen molar-refractivity contribution in [1.29, 1.82) is 0 Å². The van der Waals surface area contributed by atoms with Crippen molar-refractivity contribution in [3.63, 3.8) is 0 Å². The number of nitrogens with two attached hydrogens (primary N) is 1. The third-order valence-electron chi connectivity index (χ3n) is 2.48. The molecule has 0 amide bonds. The number of hydrogen-bond donors (Lipinski definition) is 1. The van der Waals surface area contributed by atoms with Gasteiger partial charge in [0.25, 0.3) is 0 Å². The largest absolute Gasteiger partial charge is 0.328 e. The fourth-order valence-electron chi connectivity index (χ4n) is 1.62. The molecule has 1 unspecified atom stereocenters. The van der Waals surface area contributed by atoms with Gasteiger partial charge in [-0.25, -0.2) is 0 Å². The highest BCUT2D eigenvalue weighted by atomic mass is 14.6. The molecule has 0 radical (unpaired) electrons. The minimum Gasteiger partial charge on any atom is -0.328 e. The average Bonchev–Trinajstić information content (AvgIpc) is 2.11. The van der Waals surface area contributed by atoms with E-state index in [9.17, 15) is 0 Å². The molecule has 0 spiro atoms. The summed E-state index contributed by atoms with van der Waals surface area (Å²) in [4.78, 5) is 0. The SMILES string of the molecule is NC1CC/C=C/CC/C=C/CCC1. The van der Waals surface area contributed by atoms with Gasteiger partial charge in [-0.05, 0) is 44.9 Å². The van der Waals surface area contributed by atoms with Gasteiger partial charge in [-0.3, -0.25) is 0 Å². The molecule has 0 aromatic rings. The van der Waals surface area contributed by atoms with Crippen molar-refractivity contribution < 1.29 is 0 Å². The Bertz CT molecular complexity index is 170. The van der Waals surface area contributed by atoms with Gasteiger partial charge < -0.3 is 5.73 Å². The summed E-state index contributed by atoms with van der Waals surface area (Å²) >= 11 is 0. The van der Waals surface area contributed by atoms with Crippen molar-refractivity contribution in [2.24, 2.45) is 5.73 Å². The summed E-state index contributed by atoms with van der Waals surface area (Å²) in [6.45, 7) is 0. The van der Waals surface area contributed by atoms with Crippen LogP contribution < -0.4 is 5.73 Å². The van der Waals surface area contributed by atoms with Crippen molar-refractivity contribution in [2.45, 2.75) is 51.0 Å². The molecule has 2 N–H and O–H groups in total. The van der Waals surface area contributed by atoms with E-state index in [1.807, 2.05) is 0 Å². The van der Waals surface area contributed by atoms with E-state index in [4.69, 9.17) is 5.73 Å². The van der Waals surface area contributed by atoms with Crippen LogP contribution in [-0.4, -0.2) is 6.04 Å². The van der Waals surface area contributed by atoms with Gasteiger partial charge in [0.15, 0.2) is 0 Å². The molecule has 0 fully saturated rings. The summed E-state index contributed by atoms with van der Waals surface area (Å²) in [6.07, 6.45) is 17.5. The second kappa shape index (κ2) is 6.90. The molecule has 0 saturated heterocycles. The zero-order valence-electron chi connectivity index (χ0n) is 8.41. The second-order valence-corrected chi connectivity index (χ2v) is 3.79. The third-order valence-corrected chi connectivity index (χ3v) is 2.48. The maximum absolute atomic E-state index is 5.96. The van der Waals surface area contributed by atoms with E-state index < -0.39 is 0 Å². The number of hydrogen-bond acceptors (Lipinski definition) is 1. The van der Waals surface area contributed by atoms with E-state index in [-0.39, 0.29) is 0 Å². The molecular weight excluding hydrogens is 158 g/mol. The van der Waals surface area contributed by atoms with Gasteiger partial charge in [-0.1, -0.05) is 24.3 Å². The van der Waals surface area contributed by atoms with Gasteiger partial charge in [0, 0.05) is 6.04 Å².